The van der Waals surface area contributed by atoms with E-state index in [9.17, 15) is 4.79 Å². The Kier molecular flexibility index (Phi) is 4.53. The maximum absolute atomic E-state index is 12.4. The van der Waals surface area contributed by atoms with Crippen LogP contribution in [0.4, 0.5) is 0 Å². The molecule has 0 fully saturated rings. The zero-order valence-electron chi connectivity index (χ0n) is 10.9. The molecule has 0 saturated carbocycles. The van der Waals surface area contributed by atoms with Gasteiger partial charge in [-0.2, -0.15) is 0 Å². The summed E-state index contributed by atoms with van der Waals surface area (Å²) in [5.41, 5.74) is 0.804. The first-order valence-corrected chi connectivity index (χ1v) is 6.54. The van der Waals surface area contributed by atoms with E-state index in [1.165, 1.54) is 14.2 Å². The Labute approximate surface area is 127 Å². The summed E-state index contributed by atoms with van der Waals surface area (Å²) >= 11 is 12.0. The number of rotatable bonds is 4. The van der Waals surface area contributed by atoms with E-state index in [2.05, 4.69) is 0 Å². The van der Waals surface area contributed by atoms with Crippen LogP contribution in [0.25, 0.3) is 0 Å². The average molecular weight is 311 g/mol. The Morgan fingerprint density at radius 3 is 2.35 bits per heavy atom. The van der Waals surface area contributed by atoms with E-state index in [4.69, 9.17) is 32.7 Å². The standard InChI is InChI=1S/C15H12Cl2O3/c1-19-12-7-6-9(8-13(12)20-2)15(18)10-4-3-5-11(16)14(10)17/h3-8H,1-2H3. The first-order valence-electron chi connectivity index (χ1n) is 5.79. The molecule has 0 spiro atoms. The number of benzene rings is 2. The van der Waals surface area contributed by atoms with Gasteiger partial charge in [-0.05, 0) is 30.3 Å². The van der Waals surface area contributed by atoms with Crippen LogP contribution in [0.1, 0.15) is 15.9 Å². The van der Waals surface area contributed by atoms with E-state index in [-0.39, 0.29) is 10.8 Å². The summed E-state index contributed by atoms with van der Waals surface area (Å²) in [5, 5.41) is 0.590. The van der Waals surface area contributed by atoms with Crippen molar-refractivity contribution in [3.8, 4) is 11.5 Å². The summed E-state index contributed by atoms with van der Waals surface area (Å²) < 4.78 is 10.3. The van der Waals surface area contributed by atoms with Crippen LogP contribution in [0.3, 0.4) is 0 Å². The molecular weight excluding hydrogens is 299 g/mol. The summed E-state index contributed by atoms with van der Waals surface area (Å²) in [6.07, 6.45) is 0. The molecule has 20 heavy (non-hydrogen) atoms. The molecule has 0 radical (unpaired) electrons. The lowest BCUT2D eigenvalue weighted by atomic mass is 10.0. The fourth-order valence-corrected chi connectivity index (χ4v) is 2.20. The molecule has 0 N–H and O–H groups in total. The number of methoxy groups -OCH3 is 2. The molecule has 104 valence electrons. The number of carbonyl (C=O) groups excluding carboxylic acids is 1. The van der Waals surface area contributed by atoms with E-state index in [0.717, 1.165) is 0 Å². The minimum absolute atomic E-state index is 0.224. The summed E-state index contributed by atoms with van der Waals surface area (Å²) in [4.78, 5) is 12.4. The number of carbonyl (C=O) groups is 1. The van der Waals surface area contributed by atoms with Crippen molar-refractivity contribution in [3.63, 3.8) is 0 Å². The third-order valence-electron chi connectivity index (χ3n) is 2.84. The maximum Gasteiger partial charge on any atom is 0.194 e. The molecule has 0 aromatic heterocycles. The lowest BCUT2D eigenvalue weighted by Gasteiger charge is -2.10. The fraction of sp³-hybridized carbons (Fsp3) is 0.133. The molecule has 0 aliphatic rings. The Hall–Kier alpha value is -1.71. The molecule has 5 heteroatoms. The molecule has 2 aromatic rings. The topological polar surface area (TPSA) is 35.5 Å². The normalized spacial score (nSPS) is 10.2. The summed E-state index contributed by atoms with van der Waals surface area (Å²) in [6, 6.07) is 9.88. The van der Waals surface area contributed by atoms with Crippen molar-refractivity contribution in [1.29, 1.82) is 0 Å². The molecule has 2 aromatic carbocycles. The zero-order chi connectivity index (χ0) is 14.7. The van der Waals surface area contributed by atoms with Gasteiger partial charge in [0.2, 0.25) is 0 Å². The molecule has 0 aliphatic heterocycles. The summed E-state index contributed by atoms with van der Waals surface area (Å²) in [5.74, 6) is 0.816. The van der Waals surface area contributed by atoms with Crippen LogP contribution >= 0.6 is 23.2 Å². The zero-order valence-corrected chi connectivity index (χ0v) is 12.5. The van der Waals surface area contributed by atoms with Gasteiger partial charge in [0.25, 0.3) is 0 Å². The largest absolute Gasteiger partial charge is 0.493 e. The van der Waals surface area contributed by atoms with Crippen molar-refractivity contribution >= 4 is 29.0 Å². The summed E-state index contributed by atoms with van der Waals surface area (Å²) in [7, 11) is 3.05. The predicted octanol–water partition coefficient (Wildman–Crippen LogP) is 4.24. The molecule has 0 heterocycles. The van der Waals surface area contributed by atoms with Gasteiger partial charge in [-0.3, -0.25) is 4.79 Å². The van der Waals surface area contributed by atoms with Crippen LogP contribution in [0.15, 0.2) is 36.4 Å². The Morgan fingerprint density at radius 1 is 1.00 bits per heavy atom. The quantitative estimate of drug-likeness (QED) is 0.792. The number of ether oxygens (including phenoxy) is 2. The van der Waals surface area contributed by atoms with Gasteiger partial charge in [-0.15, -0.1) is 0 Å². The van der Waals surface area contributed by atoms with E-state index in [1.807, 2.05) is 0 Å². The third kappa shape index (κ3) is 2.74. The van der Waals surface area contributed by atoms with E-state index in [1.54, 1.807) is 36.4 Å². The van der Waals surface area contributed by atoms with E-state index < -0.39 is 0 Å². The number of hydrogen-bond acceptors (Lipinski definition) is 3. The van der Waals surface area contributed by atoms with Gasteiger partial charge in [0.05, 0.1) is 24.3 Å². The lowest BCUT2D eigenvalue weighted by Crippen LogP contribution is -2.03. The van der Waals surface area contributed by atoms with Gasteiger partial charge >= 0.3 is 0 Å². The minimum atomic E-state index is -0.224. The van der Waals surface area contributed by atoms with Gasteiger partial charge in [0.15, 0.2) is 17.3 Å². The second-order valence-electron chi connectivity index (χ2n) is 4.00. The molecule has 0 atom stereocenters. The third-order valence-corrected chi connectivity index (χ3v) is 3.66. The van der Waals surface area contributed by atoms with Gasteiger partial charge in [-0.1, -0.05) is 29.3 Å². The van der Waals surface area contributed by atoms with Crippen LogP contribution in [0, 0.1) is 0 Å². The fourth-order valence-electron chi connectivity index (χ4n) is 1.81. The highest BCUT2D eigenvalue weighted by molar-refractivity contribution is 6.44. The number of hydrogen-bond donors (Lipinski definition) is 0. The van der Waals surface area contributed by atoms with E-state index in [0.29, 0.717) is 27.6 Å². The molecular formula is C15H12Cl2O3. The van der Waals surface area contributed by atoms with Crippen molar-refractivity contribution < 1.29 is 14.3 Å². The van der Waals surface area contributed by atoms with Gasteiger partial charge in [0.1, 0.15) is 0 Å². The number of halogens is 2. The maximum atomic E-state index is 12.4. The van der Waals surface area contributed by atoms with Crippen LogP contribution in [0.2, 0.25) is 10.0 Å². The minimum Gasteiger partial charge on any atom is -0.493 e. The van der Waals surface area contributed by atoms with Crippen molar-refractivity contribution in [3.05, 3.63) is 57.6 Å². The van der Waals surface area contributed by atoms with Crippen molar-refractivity contribution in [2.45, 2.75) is 0 Å². The Balaban J connectivity index is 2.46. The highest BCUT2D eigenvalue weighted by Gasteiger charge is 2.16. The molecule has 0 saturated heterocycles. The highest BCUT2D eigenvalue weighted by atomic mass is 35.5. The first kappa shape index (κ1) is 14.7. The number of ketones is 1. The molecule has 0 unspecified atom stereocenters. The Bertz CT molecular complexity index is 654. The van der Waals surface area contributed by atoms with Crippen LogP contribution in [0.5, 0.6) is 11.5 Å². The molecule has 3 nitrogen and oxygen atoms in total. The van der Waals surface area contributed by atoms with Crippen molar-refractivity contribution in [2.24, 2.45) is 0 Å². The SMILES string of the molecule is COc1ccc(C(=O)c2cccc(Cl)c2Cl)cc1OC. The molecule has 0 amide bonds. The Morgan fingerprint density at radius 2 is 1.70 bits per heavy atom. The monoisotopic (exact) mass is 310 g/mol. The van der Waals surface area contributed by atoms with Crippen LogP contribution in [-0.4, -0.2) is 20.0 Å². The molecule has 0 aliphatic carbocycles. The van der Waals surface area contributed by atoms with Gasteiger partial charge in [0, 0.05) is 11.1 Å². The van der Waals surface area contributed by atoms with Gasteiger partial charge in [-0.25, -0.2) is 0 Å². The second-order valence-corrected chi connectivity index (χ2v) is 4.79. The first-order chi connectivity index (χ1) is 9.58. The lowest BCUT2D eigenvalue weighted by molar-refractivity contribution is 0.103. The van der Waals surface area contributed by atoms with Crippen molar-refractivity contribution in [2.75, 3.05) is 14.2 Å². The molecule has 0 bridgehead atoms. The van der Waals surface area contributed by atoms with E-state index >= 15 is 0 Å². The van der Waals surface area contributed by atoms with Crippen LogP contribution < -0.4 is 9.47 Å². The smallest absolute Gasteiger partial charge is 0.194 e. The second kappa shape index (κ2) is 6.16. The predicted molar refractivity (Wildman–Crippen MR) is 79.4 cm³/mol. The van der Waals surface area contributed by atoms with Crippen LogP contribution in [-0.2, 0) is 0 Å². The summed E-state index contributed by atoms with van der Waals surface area (Å²) in [6.45, 7) is 0. The van der Waals surface area contributed by atoms with Crippen molar-refractivity contribution in [1.82, 2.24) is 0 Å². The highest BCUT2D eigenvalue weighted by Crippen LogP contribution is 2.31. The molecule has 2 rings (SSSR count). The average Bonchev–Trinajstić information content (AvgIpc) is 2.48. The van der Waals surface area contributed by atoms with Gasteiger partial charge < -0.3 is 9.47 Å².